The van der Waals surface area contributed by atoms with Crippen molar-refractivity contribution in [3.8, 4) is 0 Å². The number of carbonyl (C=O) groups excluding carboxylic acids is 3. The Kier molecular flexibility index (Phi) is 8.88. The van der Waals surface area contributed by atoms with Crippen LogP contribution in [0.5, 0.6) is 0 Å². The predicted octanol–water partition coefficient (Wildman–Crippen LogP) is 1.50. The van der Waals surface area contributed by atoms with Gasteiger partial charge in [-0.25, -0.2) is 4.79 Å². The first-order chi connectivity index (χ1) is 18.3. The third-order valence-corrected chi connectivity index (χ3v) is 6.94. The molecule has 198 valence electrons. The highest BCUT2D eigenvalue weighted by atomic mass is 32.1. The van der Waals surface area contributed by atoms with E-state index in [9.17, 15) is 19.2 Å². The number of hydrogen-bond donors (Lipinski definition) is 1. The van der Waals surface area contributed by atoms with Gasteiger partial charge in [0.2, 0.25) is 5.91 Å². The van der Waals surface area contributed by atoms with Crippen LogP contribution in [0.3, 0.4) is 0 Å². The van der Waals surface area contributed by atoms with Crippen LogP contribution in [0.2, 0.25) is 0 Å². The number of thiazole rings is 1. The van der Waals surface area contributed by atoms with Crippen LogP contribution >= 0.6 is 11.3 Å². The van der Waals surface area contributed by atoms with Crippen LogP contribution in [-0.2, 0) is 25.6 Å². The Balaban J connectivity index is 1.65. The van der Waals surface area contributed by atoms with Crippen molar-refractivity contribution in [2.45, 2.75) is 20.4 Å². The summed E-state index contributed by atoms with van der Waals surface area (Å²) in [5, 5.41) is 2.87. The molecule has 0 saturated carbocycles. The van der Waals surface area contributed by atoms with Crippen molar-refractivity contribution < 1.29 is 23.9 Å². The number of amides is 2. The SMILES string of the molecule is CCOC(=O)/C=c1/s/c(=C\c2cccc(NC(=O)c3ccc(C)cc3)c2)c(=O)n1CC(=O)N1CCOCC1. The number of nitrogens with one attached hydrogen (secondary N) is 1. The van der Waals surface area contributed by atoms with E-state index in [-0.39, 0.29) is 30.5 Å². The molecular formula is C28H29N3O6S. The van der Waals surface area contributed by atoms with E-state index in [4.69, 9.17) is 9.47 Å². The number of morpholine rings is 1. The molecule has 1 aliphatic rings. The van der Waals surface area contributed by atoms with Crippen LogP contribution in [0.15, 0.2) is 53.3 Å². The van der Waals surface area contributed by atoms with E-state index >= 15 is 0 Å². The molecule has 0 atom stereocenters. The maximum Gasteiger partial charge on any atom is 0.333 e. The van der Waals surface area contributed by atoms with E-state index < -0.39 is 5.97 Å². The molecule has 4 rings (SSSR count). The van der Waals surface area contributed by atoms with Gasteiger partial charge in [0.05, 0.1) is 30.4 Å². The highest BCUT2D eigenvalue weighted by Crippen LogP contribution is 2.13. The fourth-order valence-corrected chi connectivity index (χ4v) is 4.92. The van der Waals surface area contributed by atoms with Gasteiger partial charge in [0.25, 0.3) is 11.5 Å². The maximum absolute atomic E-state index is 13.3. The number of hydrogen-bond acceptors (Lipinski definition) is 7. The Bertz CT molecular complexity index is 1500. The molecule has 1 N–H and O–H groups in total. The van der Waals surface area contributed by atoms with Crippen molar-refractivity contribution in [2.75, 3.05) is 38.2 Å². The quantitative estimate of drug-likeness (QED) is 0.460. The third kappa shape index (κ3) is 6.84. The Morgan fingerprint density at radius 2 is 1.84 bits per heavy atom. The summed E-state index contributed by atoms with van der Waals surface area (Å²) < 4.78 is 12.3. The van der Waals surface area contributed by atoms with Crippen molar-refractivity contribution in [1.29, 1.82) is 0 Å². The highest BCUT2D eigenvalue weighted by molar-refractivity contribution is 7.07. The van der Waals surface area contributed by atoms with Gasteiger partial charge in [0.1, 0.15) is 11.2 Å². The first-order valence-electron chi connectivity index (χ1n) is 12.3. The lowest BCUT2D eigenvalue weighted by atomic mass is 10.1. The molecule has 38 heavy (non-hydrogen) atoms. The lowest BCUT2D eigenvalue weighted by molar-refractivity contribution is -0.136. The molecule has 0 unspecified atom stereocenters. The van der Waals surface area contributed by atoms with Gasteiger partial charge in [-0.1, -0.05) is 29.8 Å². The van der Waals surface area contributed by atoms with E-state index in [0.717, 1.165) is 16.9 Å². The average molecular weight is 536 g/mol. The fourth-order valence-electron chi connectivity index (χ4n) is 3.89. The summed E-state index contributed by atoms with van der Waals surface area (Å²) >= 11 is 1.10. The zero-order valence-corrected chi connectivity index (χ0v) is 22.1. The molecule has 9 nitrogen and oxygen atoms in total. The van der Waals surface area contributed by atoms with Crippen molar-refractivity contribution in [3.05, 3.63) is 84.8 Å². The lowest BCUT2D eigenvalue weighted by Gasteiger charge is -2.26. The Morgan fingerprint density at radius 1 is 1.11 bits per heavy atom. The van der Waals surface area contributed by atoms with E-state index in [0.29, 0.717) is 52.3 Å². The van der Waals surface area contributed by atoms with Crippen LogP contribution in [0.4, 0.5) is 5.69 Å². The number of benzene rings is 2. The number of aromatic nitrogens is 1. The van der Waals surface area contributed by atoms with Crippen LogP contribution in [-0.4, -0.2) is 60.2 Å². The van der Waals surface area contributed by atoms with Gasteiger partial charge in [-0.2, -0.15) is 0 Å². The second kappa shape index (κ2) is 12.5. The number of carbonyl (C=O) groups is 3. The molecule has 1 aliphatic heterocycles. The van der Waals surface area contributed by atoms with E-state index in [1.807, 2.05) is 19.1 Å². The van der Waals surface area contributed by atoms with Gasteiger partial charge >= 0.3 is 5.97 Å². The van der Waals surface area contributed by atoms with Crippen LogP contribution in [0.1, 0.15) is 28.4 Å². The minimum atomic E-state index is -0.589. The van der Waals surface area contributed by atoms with Gasteiger partial charge in [-0.3, -0.25) is 19.0 Å². The minimum Gasteiger partial charge on any atom is -0.463 e. The summed E-state index contributed by atoms with van der Waals surface area (Å²) in [6, 6.07) is 14.4. The molecule has 0 aliphatic carbocycles. The highest BCUT2D eigenvalue weighted by Gasteiger charge is 2.19. The molecule has 0 radical (unpaired) electrons. The van der Waals surface area contributed by atoms with Crippen LogP contribution in [0.25, 0.3) is 12.2 Å². The molecule has 0 spiro atoms. The normalized spacial score (nSPS) is 14.4. The Hall–Kier alpha value is -4.02. The third-order valence-electron chi connectivity index (χ3n) is 5.88. The van der Waals surface area contributed by atoms with Crippen molar-refractivity contribution >= 4 is 47.0 Å². The Morgan fingerprint density at radius 3 is 2.55 bits per heavy atom. The van der Waals surface area contributed by atoms with Gasteiger partial charge in [-0.15, -0.1) is 11.3 Å². The first kappa shape index (κ1) is 27.0. The summed E-state index contributed by atoms with van der Waals surface area (Å²) in [7, 11) is 0. The van der Waals surface area contributed by atoms with E-state index in [1.165, 1.54) is 10.6 Å². The van der Waals surface area contributed by atoms with Crippen LogP contribution in [0, 0.1) is 6.92 Å². The molecule has 0 bridgehead atoms. The predicted molar refractivity (Wildman–Crippen MR) is 145 cm³/mol. The van der Waals surface area contributed by atoms with E-state index in [2.05, 4.69) is 5.32 Å². The van der Waals surface area contributed by atoms with Crippen molar-refractivity contribution in [1.82, 2.24) is 9.47 Å². The van der Waals surface area contributed by atoms with Gasteiger partial charge in [0, 0.05) is 24.3 Å². The van der Waals surface area contributed by atoms with E-state index in [1.54, 1.807) is 54.3 Å². The molecule has 1 fully saturated rings. The molecule has 2 amide bonds. The Labute approximate surface area is 223 Å². The molecule has 10 heteroatoms. The van der Waals surface area contributed by atoms with Gasteiger partial charge in [0.15, 0.2) is 0 Å². The zero-order valence-electron chi connectivity index (χ0n) is 21.3. The fraction of sp³-hybridized carbons (Fsp3) is 0.286. The van der Waals surface area contributed by atoms with Gasteiger partial charge < -0.3 is 19.7 Å². The minimum absolute atomic E-state index is 0.192. The summed E-state index contributed by atoms with van der Waals surface area (Å²) in [6.45, 7) is 5.44. The number of aryl methyl sites for hydroxylation is 1. The van der Waals surface area contributed by atoms with Gasteiger partial charge in [-0.05, 0) is 49.8 Å². The molecule has 3 aromatic rings. The smallest absolute Gasteiger partial charge is 0.333 e. The van der Waals surface area contributed by atoms with Crippen molar-refractivity contribution in [3.63, 3.8) is 0 Å². The summed E-state index contributed by atoms with van der Waals surface area (Å²) in [4.78, 5) is 52.6. The second-order valence-corrected chi connectivity index (χ2v) is 9.74. The van der Waals surface area contributed by atoms with Crippen LogP contribution < -0.4 is 20.1 Å². The summed E-state index contributed by atoms with van der Waals surface area (Å²) in [6.07, 6.45) is 2.91. The molecule has 2 aromatic carbocycles. The number of rotatable bonds is 7. The lowest BCUT2D eigenvalue weighted by Crippen LogP contribution is -2.45. The monoisotopic (exact) mass is 535 g/mol. The standard InChI is InChI=1S/C28H29N3O6S/c1-3-37-26(33)17-25-31(18-24(32)30-11-13-36-14-12-30)28(35)23(38-25)16-20-5-4-6-22(15-20)29-27(34)21-9-7-19(2)8-10-21/h4-10,15-17H,3,11-14,18H2,1-2H3,(H,29,34)/b23-16-,25-17+. The van der Waals surface area contributed by atoms with Crippen molar-refractivity contribution in [2.24, 2.45) is 0 Å². The number of ether oxygens (including phenoxy) is 2. The average Bonchev–Trinajstić information content (AvgIpc) is 3.18. The zero-order chi connectivity index (χ0) is 27.1. The number of esters is 1. The second-order valence-electron chi connectivity index (χ2n) is 8.68. The summed E-state index contributed by atoms with van der Waals surface area (Å²) in [5.41, 5.74) is 2.46. The number of anilines is 1. The molecule has 1 saturated heterocycles. The topological polar surface area (TPSA) is 107 Å². The molecular weight excluding hydrogens is 506 g/mol. The maximum atomic E-state index is 13.3. The summed E-state index contributed by atoms with van der Waals surface area (Å²) in [5.74, 6) is -1.05. The molecule has 1 aromatic heterocycles. The first-order valence-corrected chi connectivity index (χ1v) is 13.1. The molecule has 2 heterocycles. The number of nitrogens with zero attached hydrogens (tertiary/aromatic N) is 2. The largest absolute Gasteiger partial charge is 0.463 e.